The Balaban J connectivity index is 2.03. The van der Waals surface area contributed by atoms with E-state index in [0.717, 1.165) is 6.07 Å². The first-order valence-corrected chi connectivity index (χ1v) is 6.22. The van der Waals surface area contributed by atoms with Crippen molar-refractivity contribution in [1.82, 2.24) is 0 Å². The maximum atomic E-state index is 13.4. The van der Waals surface area contributed by atoms with Crippen LogP contribution in [0.2, 0.25) is 0 Å². The molecule has 0 aliphatic carbocycles. The molecule has 1 aromatic rings. The van der Waals surface area contributed by atoms with Crippen LogP contribution in [0, 0.1) is 11.2 Å². The quantitative estimate of drug-likeness (QED) is 0.857. The average Bonchev–Trinajstić information content (AvgIpc) is 2.35. The van der Waals surface area contributed by atoms with Gasteiger partial charge in [0.15, 0.2) is 0 Å². The van der Waals surface area contributed by atoms with Crippen LogP contribution in [-0.4, -0.2) is 31.7 Å². The summed E-state index contributed by atoms with van der Waals surface area (Å²) in [6, 6.07) is 3.71. The average molecular weight is 281 g/mol. The van der Waals surface area contributed by atoms with Crippen molar-refractivity contribution in [2.24, 2.45) is 5.41 Å². The summed E-state index contributed by atoms with van der Waals surface area (Å²) in [5, 5.41) is 2.32. The van der Waals surface area contributed by atoms with Crippen molar-refractivity contribution in [2.75, 3.05) is 25.1 Å². The highest BCUT2D eigenvalue weighted by molar-refractivity contribution is 5.93. The van der Waals surface area contributed by atoms with Gasteiger partial charge in [0.25, 0.3) is 0 Å². The molecule has 0 unspecified atom stereocenters. The Hall–Kier alpha value is -1.95. The van der Waals surface area contributed by atoms with Crippen molar-refractivity contribution in [3.05, 3.63) is 29.6 Å². The molecule has 1 saturated heterocycles. The largest absolute Gasteiger partial charge is 0.461 e. The lowest BCUT2D eigenvalue weighted by molar-refractivity contribution is -0.127. The molecule has 6 heteroatoms. The molecule has 0 aromatic heterocycles. The van der Waals surface area contributed by atoms with Gasteiger partial charge in [-0.15, -0.1) is 0 Å². The number of carbonyl (C=O) groups is 2. The minimum atomic E-state index is -0.601. The summed E-state index contributed by atoms with van der Waals surface area (Å²) in [6.45, 7) is 4.58. The first-order chi connectivity index (χ1) is 9.39. The molecule has 108 valence electrons. The molecule has 1 amide bonds. The van der Waals surface area contributed by atoms with Crippen LogP contribution in [0.3, 0.4) is 0 Å². The summed E-state index contributed by atoms with van der Waals surface area (Å²) in [7, 11) is 0. The van der Waals surface area contributed by atoms with Gasteiger partial charge in [0.2, 0.25) is 5.91 Å². The highest BCUT2D eigenvalue weighted by atomic mass is 19.1. The second-order valence-electron chi connectivity index (χ2n) is 5.26. The van der Waals surface area contributed by atoms with E-state index in [1.807, 2.05) is 6.92 Å². The molecule has 1 aromatic carbocycles. The number of nitrogens with one attached hydrogen (secondary N) is 1. The minimum absolute atomic E-state index is 0.0369. The van der Waals surface area contributed by atoms with Gasteiger partial charge >= 0.3 is 5.97 Å². The number of ether oxygens (including phenoxy) is 2. The van der Waals surface area contributed by atoms with Crippen LogP contribution in [0.1, 0.15) is 24.2 Å². The van der Waals surface area contributed by atoms with E-state index in [4.69, 9.17) is 9.47 Å². The molecule has 1 aliphatic heterocycles. The number of hydrogen-bond donors (Lipinski definition) is 1. The molecule has 0 saturated carbocycles. The molecule has 0 radical (unpaired) electrons. The molecular formula is C14H16FNO4. The molecule has 1 fully saturated rings. The third kappa shape index (κ3) is 3.33. The number of rotatable bonds is 4. The van der Waals surface area contributed by atoms with E-state index in [0.29, 0.717) is 13.2 Å². The van der Waals surface area contributed by atoms with Crippen LogP contribution in [0.15, 0.2) is 18.2 Å². The van der Waals surface area contributed by atoms with Crippen molar-refractivity contribution in [2.45, 2.75) is 13.8 Å². The summed E-state index contributed by atoms with van der Waals surface area (Å²) in [4.78, 5) is 22.8. The highest BCUT2D eigenvalue weighted by Crippen LogP contribution is 2.27. The zero-order chi connectivity index (χ0) is 14.8. The van der Waals surface area contributed by atoms with E-state index < -0.39 is 17.7 Å². The first kappa shape index (κ1) is 14.5. The van der Waals surface area contributed by atoms with E-state index in [1.54, 1.807) is 0 Å². The van der Waals surface area contributed by atoms with Crippen molar-refractivity contribution in [1.29, 1.82) is 0 Å². The van der Waals surface area contributed by atoms with Crippen LogP contribution in [0.4, 0.5) is 10.1 Å². The van der Waals surface area contributed by atoms with Crippen LogP contribution in [0.5, 0.6) is 0 Å². The Bertz CT molecular complexity index is 540. The summed E-state index contributed by atoms with van der Waals surface area (Å²) >= 11 is 0. The Morgan fingerprint density at radius 2 is 2.15 bits per heavy atom. The number of halogens is 1. The molecule has 1 N–H and O–H groups in total. The molecular weight excluding hydrogens is 265 g/mol. The number of esters is 1. The lowest BCUT2D eigenvalue weighted by atomic mass is 9.90. The zero-order valence-electron chi connectivity index (χ0n) is 11.4. The standard InChI is InChI=1S/C14H16FNO4/c1-9(17)16-12-5-10(3-4-11(12)15)13(18)20-8-14(2)6-19-7-14/h3-5H,6-8H2,1-2H3,(H,16,17). The Morgan fingerprint density at radius 3 is 2.70 bits per heavy atom. The van der Waals surface area contributed by atoms with Gasteiger partial charge in [-0.1, -0.05) is 6.92 Å². The summed E-state index contributed by atoms with van der Waals surface area (Å²) in [6.07, 6.45) is 0. The summed E-state index contributed by atoms with van der Waals surface area (Å²) in [5.74, 6) is -1.56. The van der Waals surface area contributed by atoms with Crippen LogP contribution in [0.25, 0.3) is 0 Å². The summed E-state index contributed by atoms with van der Waals surface area (Å²) in [5.41, 5.74) is 0.0139. The predicted octanol–water partition coefficient (Wildman–Crippen LogP) is 1.98. The van der Waals surface area contributed by atoms with Crippen LogP contribution < -0.4 is 5.32 Å². The van der Waals surface area contributed by atoms with Gasteiger partial charge in [0, 0.05) is 12.3 Å². The maximum absolute atomic E-state index is 13.4. The second kappa shape index (κ2) is 5.58. The maximum Gasteiger partial charge on any atom is 0.338 e. The Labute approximate surface area is 116 Å². The lowest BCUT2D eigenvalue weighted by Gasteiger charge is -2.37. The van der Waals surface area contributed by atoms with E-state index >= 15 is 0 Å². The lowest BCUT2D eigenvalue weighted by Crippen LogP contribution is -2.44. The van der Waals surface area contributed by atoms with Gasteiger partial charge in [-0.25, -0.2) is 9.18 Å². The third-order valence-corrected chi connectivity index (χ3v) is 2.97. The van der Waals surface area contributed by atoms with Crippen molar-refractivity contribution in [3.63, 3.8) is 0 Å². The fourth-order valence-corrected chi connectivity index (χ4v) is 1.79. The zero-order valence-corrected chi connectivity index (χ0v) is 11.4. The molecule has 0 bridgehead atoms. The van der Waals surface area contributed by atoms with Gasteiger partial charge in [-0.2, -0.15) is 0 Å². The Morgan fingerprint density at radius 1 is 1.45 bits per heavy atom. The number of hydrogen-bond acceptors (Lipinski definition) is 4. The second-order valence-corrected chi connectivity index (χ2v) is 5.26. The SMILES string of the molecule is CC(=O)Nc1cc(C(=O)OCC2(C)COC2)ccc1F. The van der Waals surface area contributed by atoms with Crippen molar-refractivity contribution >= 4 is 17.6 Å². The molecule has 20 heavy (non-hydrogen) atoms. The van der Waals surface area contributed by atoms with Gasteiger partial charge in [-0.3, -0.25) is 4.79 Å². The van der Waals surface area contributed by atoms with Crippen molar-refractivity contribution < 1.29 is 23.5 Å². The van der Waals surface area contributed by atoms with Gasteiger partial charge in [0.05, 0.1) is 24.5 Å². The fourth-order valence-electron chi connectivity index (χ4n) is 1.79. The molecule has 5 nitrogen and oxygen atoms in total. The summed E-state index contributed by atoms with van der Waals surface area (Å²) < 4.78 is 23.7. The van der Waals surface area contributed by atoms with E-state index in [1.165, 1.54) is 19.1 Å². The topological polar surface area (TPSA) is 64.6 Å². The molecule has 1 aliphatic rings. The predicted molar refractivity (Wildman–Crippen MR) is 69.9 cm³/mol. The molecule has 1 heterocycles. The highest BCUT2D eigenvalue weighted by Gasteiger charge is 2.35. The number of amides is 1. The smallest absolute Gasteiger partial charge is 0.338 e. The Kier molecular flexibility index (Phi) is 4.04. The van der Waals surface area contributed by atoms with Gasteiger partial charge in [-0.05, 0) is 18.2 Å². The molecule has 2 rings (SSSR count). The van der Waals surface area contributed by atoms with Crippen molar-refractivity contribution in [3.8, 4) is 0 Å². The van der Waals surface area contributed by atoms with Gasteiger partial charge in [0.1, 0.15) is 12.4 Å². The van der Waals surface area contributed by atoms with E-state index in [-0.39, 0.29) is 23.3 Å². The number of carbonyl (C=O) groups excluding carboxylic acids is 2. The molecule has 0 spiro atoms. The van der Waals surface area contributed by atoms with E-state index in [9.17, 15) is 14.0 Å². The monoisotopic (exact) mass is 281 g/mol. The fraction of sp³-hybridized carbons (Fsp3) is 0.429. The normalized spacial score (nSPS) is 16.1. The van der Waals surface area contributed by atoms with Crippen LogP contribution in [-0.2, 0) is 14.3 Å². The number of anilines is 1. The minimum Gasteiger partial charge on any atom is -0.461 e. The third-order valence-electron chi connectivity index (χ3n) is 2.97. The first-order valence-electron chi connectivity index (χ1n) is 6.22. The number of benzene rings is 1. The van der Waals surface area contributed by atoms with Gasteiger partial charge < -0.3 is 14.8 Å². The van der Waals surface area contributed by atoms with E-state index in [2.05, 4.69) is 5.32 Å². The van der Waals surface area contributed by atoms with Crippen LogP contribution >= 0.6 is 0 Å². The molecule has 0 atom stereocenters.